The Hall–Kier alpha value is -2.28. The van der Waals surface area contributed by atoms with Crippen LogP contribution in [0.2, 0.25) is 0 Å². The molecule has 132 valence electrons. The SMILES string of the molecule is Cc1ccnc(N2CCN(CCn3nc4c(cc3=O)CCC4)CC2)n1. The molecule has 1 aliphatic heterocycles. The van der Waals surface area contributed by atoms with Crippen LogP contribution in [0.3, 0.4) is 0 Å². The Labute approximate surface area is 147 Å². The Morgan fingerprint density at radius 1 is 1.12 bits per heavy atom. The first-order valence-corrected chi connectivity index (χ1v) is 9.06. The Morgan fingerprint density at radius 3 is 2.76 bits per heavy atom. The lowest BCUT2D eigenvalue weighted by molar-refractivity contribution is 0.241. The molecule has 0 amide bonds. The fourth-order valence-corrected chi connectivity index (χ4v) is 3.60. The molecule has 0 aromatic carbocycles. The normalized spacial score (nSPS) is 17.7. The predicted octanol–water partition coefficient (Wildman–Crippen LogP) is 0.653. The maximum absolute atomic E-state index is 12.2. The van der Waals surface area contributed by atoms with Crippen LogP contribution in [0.5, 0.6) is 0 Å². The molecule has 2 aliphatic rings. The fourth-order valence-electron chi connectivity index (χ4n) is 3.60. The highest BCUT2D eigenvalue weighted by atomic mass is 16.1. The van der Waals surface area contributed by atoms with Gasteiger partial charge in [0.1, 0.15) is 0 Å². The molecule has 3 heterocycles. The van der Waals surface area contributed by atoms with E-state index in [1.165, 1.54) is 0 Å². The van der Waals surface area contributed by atoms with E-state index in [-0.39, 0.29) is 5.56 Å². The Kier molecular flexibility index (Phi) is 4.48. The molecule has 0 atom stereocenters. The van der Waals surface area contributed by atoms with E-state index in [0.717, 1.165) is 74.9 Å². The van der Waals surface area contributed by atoms with E-state index in [1.54, 1.807) is 10.7 Å². The van der Waals surface area contributed by atoms with Gasteiger partial charge in [0.15, 0.2) is 0 Å². The Bertz CT molecular complexity index is 809. The summed E-state index contributed by atoms with van der Waals surface area (Å²) in [5, 5.41) is 4.56. The molecular formula is C18H24N6O. The third-order valence-corrected chi connectivity index (χ3v) is 5.09. The van der Waals surface area contributed by atoms with Crippen LogP contribution >= 0.6 is 0 Å². The van der Waals surface area contributed by atoms with Gasteiger partial charge >= 0.3 is 0 Å². The molecule has 0 unspecified atom stereocenters. The predicted molar refractivity (Wildman–Crippen MR) is 95.9 cm³/mol. The van der Waals surface area contributed by atoms with Gasteiger partial charge in [0.2, 0.25) is 5.95 Å². The highest BCUT2D eigenvalue weighted by molar-refractivity contribution is 5.30. The van der Waals surface area contributed by atoms with Gasteiger partial charge < -0.3 is 4.90 Å². The topological polar surface area (TPSA) is 67.2 Å². The van der Waals surface area contributed by atoms with Gasteiger partial charge in [0.25, 0.3) is 5.56 Å². The van der Waals surface area contributed by atoms with Gasteiger partial charge in [0.05, 0.1) is 12.2 Å². The molecule has 0 radical (unpaired) electrons. The number of aryl methyl sites for hydroxylation is 3. The van der Waals surface area contributed by atoms with Crippen LogP contribution in [-0.4, -0.2) is 57.4 Å². The molecule has 1 aliphatic carbocycles. The van der Waals surface area contributed by atoms with Crippen molar-refractivity contribution in [1.82, 2.24) is 24.6 Å². The van der Waals surface area contributed by atoms with Crippen LogP contribution in [0.4, 0.5) is 5.95 Å². The number of nitrogens with zero attached hydrogens (tertiary/aromatic N) is 6. The van der Waals surface area contributed by atoms with Gasteiger partial charge in [-0.25, -0.2) is 14.6 Å². The summed E-state index contributed by atoms with van der Waals surface area (Å²) in [5.74, 6) is 0.816. The van der Waals surface area contributed by atoms with E-state index < -0.39 is 0 Å². The van der Waals surface area contributed by atoms with Crippen LogP contribution in [0.15, 0.2) is 23.1 Å². The molecule has 25 heavy (non-hydrogen) atoms. The van der Waals surface area contributed by atoms with Crippen molar-refractivity contribution in [3.63, 3.8) is 0 Å². The van der Waals surface area contributed by atoms with Gasteiger partial charge in [-0.1, -0.05) is 0 Å². The summed E-state index contributed by atoms with van der Waals surface area (Å²) in [7, 11) is 0. The summed E-state index contributed by atoms with van der Waals surface area (Å²) >= 11 is 0. The van der Waals surface area contributed by atoms with Gasteiger partial charge in [-0.2, -0.15) is 5.10 Å². The Morgan fingerprint density at radius 2 is 1.96 bits per heavy atom. The molecule has 1 saturated heterocycles. The molecule has 2 aromatic heterocycles. The van der Waals surface area contributed by atoms with Crippen molar-refractivity contribution in [2.45, 2.75) is 32.7 Å². The van der Waals surface area contributed by atoms with Crippen LogP contribution < -0.4 is 10.5 Å². The molecule has 0 saturated carbocycles. The average Bonchev–Trinajstić information content (AvgIpc) is 3.07. The largest absolute Gasteiger partial charge is 0.338 e. The highest BCUT2D eigenvalue weighted by Gasteiger charge is 2.20. The third kappa shape index (κ3) is 3.56. The minimum absolute atomic E-state index is 0.0347. The summed E-state index contributed by atoms with van der Waals surface area (Å²) in [6.45, 7) is 7.24. The third-order valence-electron chi connectivity index (χ3n) is 5.09. The second kappa shape index (κ2) is 6.92. The zero-order valence-corrected chi connectivity index (χ0v) is 14.7. The molecule has 0 bridgehead atoms. The van der Waals surface area contributed by atoms with E-state index in [4.69, 9.17) is 0 Å². The van der Waals surface area contributed by atoms with E-state index in [2.05, 4.69) is 24.9 Å². The molecule has 7 nitrogen and oxygen atoms in total. The second-order valence-corrected chi connectivity index (χ2v) is 6.86. The lowest BCUT2D eigenvalue weighted by Crippen LogP contribution is -2.48. The number of fused-ring (bicyclic) bond motifs is 1. The van der Waals surface area contributed by atoms with E-state index in [0.29, 0.717) is 6.54 Å². The molecule has 7 heteroatoms. The van der Waals surface area contributed by atoms with Gasteiger partial charge in [-0.15, -0.1) is 0 Å². The van der Waals surface area contributed by atoms with E-state index >= 15 is 0 Å². The van der Waals surface area contributed by atoms with Crippen molar-refractivity contribution in [2.75, 3.05) is 37.6 Å². The number of piperazine rings is 1. The molecule has 4 rings (SSSR count). The van der Waals surface area contributed by atoms with Gasteiger partial charge in [-0.3, -0.25) is 9.69 Å². The number of anilines is 1. The quantitative estimate of drug-likeness (QED) is 0.814. The van der Waals surface area contributed by atoms with Crippen molar-refractivity contribution in [2.24, 2.45) is 0 Å². The number of aromatic nitrogens is 4. The maximum atomic E-state index is 12.2. The summed E-state index contributed by atoms with van der Waals surface area (Å²) < 4.78 is 1.64. The molecule has 0 N–H and O–H groups in total. The monoisotopic (exact) mass is 340 g/mol. The van der Waals surface area contributed by atoms with Crippen LogP contribution in [0.1, 0.15) is 23.4 Å². The van der Waals surface area contributed by atoms with Gasteiger partial charge in [0, 0.05) is 50.7 Å². The summed E-state index contributed by atoms with van der Waals surface area (Å²) in [6.07, 6.45) is 4.94. The van der Waals surface area contributed by atoms with E-state index in [1.807, 2.05) is 19.2 Å². The first-order chi connectivity index (χ1) is 12.2. The zero-order valence-electron chi connectivity index (χ0n) is 14.7. The molecule has 0 spiro atoms. The molecule has 2 aromatic rings. The van der Waals surface area contributed by atoms with Crippen molar-refractivity contribution >= 4 is 5.95 Å². The lowest BCUT2D eigenvalue weighted by atomic mass is 10.2. The molecular weight excluding hydrogens is 316 g/mol. The number of rotatable bonds is 4. The highest BCUT2D eigenvalue weighted by Crippen LogP contribution is 2.17. The second-order valence-electron chi connectivity index (χ2n) is 6.86. The molecule has 1 fully saturated rings. The first kappa shape index (κ1) is 16.2. The number of hydrogen-bond acceptors (Lipinski definition) is 6. The summed E-state index contributed by atoms with van der Waals surface area (Å²) in [5.41, 5.74) is 3.29. The summed E-state index contributed by atoms with van der Waals surface area (Å²) in [6, 6.07) is 3.70. The van der Waals surface area contributed by atoms with Gasteiger partial charge in [-0.05, 0) is 37.8 Å². The van der Waals surface area contributed by atoms with Crippen LogP contribution in [0, 0.1) is 6.92 Å². The number of hydrogen-bond donors (Lipinski definition) is 0. The maximum Gasteiger partial charge on any atom is 0.267 e. The minimum Gasteiger partial charge on any atom is -0.338 e. The van der Waals surface area contributed by atoms with Crippen LogP contribution in [-0.2, 0) is 19.4 Å². The summed E-state index contributed by atoms with van der Waals surface area (Å²) in [4.78, 5) is 25.7. The van der Waals surface area contributed by atoms with Crippen molar-refractivity contribution in [3.05, 3.63) is 45.6 Å². The first-order valence-electron chi connectivity index (χ1n) is 9.06. The minimum atomic E-state index is 0.0347. The average molecular weight is 340 g/mol. The zero-order chi connectivity index (χ0) is 17.2. The standard InChI is InChI=1S/C18H24N6O/c1-14-5-6-19-18(20-14)23-10-7-22(8-11-23)9-12-24-17(25)13-15-3-2-4-16(15)21-24/h5-6,13H,2-4,7-12H2,1H3. The fraction of sp³-hybridized carbons (Fsp3) is 0.556. The van der Waals surface area contributed by atoms with Crippen LogP contribution in [0.25, 0.3) is 0 Å². The smallest absolute Gasteiger partial charge is 0.267 e. The van der Waals surface area contributed by atoms with Crippen molar-refractivity contribution in [1.29, 1.82) is 0 Å². The van der Waals surface area contributed by atoms with Crippen molar-refractivity contribution in [3.8, 4) is 0 Å². The Balaban J connectivity index is 1.33. The van der Waals surface area contributed by atoms with E-state index in [9.17, 15) is 4.79 Å². The lowest BCUT2D eigenvalue weighted by Gasteiger charge is -2.34. The van der Waals surface area contributed by atoms with Crippen molar-refractivity contribution < 1.29 is 0 Å².